The minimum atomic E-state index is -5.71. The highest BCUT2D eigenvalue weighted by Crippen LogP contribution is 2.35. The van der Waals surface area contributed by atoms with E-state index in [2.05, 4.69) is 9.58 Å². The fraction of sp³-hybridized carbons (Fsp3) is 0.800. The van der Waals surface area contributed by atoms with Crippen molar-refractivity contribution in [3.63, 3.8) is 0 Å². The summed E-state index contributed by atoms with van der Waals surface area (Å²) in [7, 11) is 0. The van der Waals surface area contributed by atoms with Gasteiger partial charge in [-0.25, -0.2) is 6.57 Å². The van der Waals surface area contributed by atoms with E-state index in [1.54, 1.807) is 0 Å². The number of hydrogen-bond acceptors (Lipinski definition) is 1. The fourth-order valence-electron chi connectivity index (χ4n) is 0.301. The molecular formula is C5H4F5NO. The molecule has 0 fully saturated rings. The summed E-state index contributed by atoms with van der Waals surface area (Å²) in [5, 5.41) is 0. The number of ether oxygens (including phenoxy) is 1. The Balaban J connectivity index is 3.98. The van der Waals surface area contributed by atoms with Gasteiger partial charge in [0.2, 0.25) is 6.54 Å². The normalized spacial score (nSPS) is 12.7. The summed E-state index contributed by atoms with van der Waals surface area (Å²) in [5.41, 5.74) is 0. The first-order chi connectivity index (χ1) is 5.31. The maximum absolute atomic E-state index is 11.8. The van der Waals surface area contributed by atoms with Gasteiger partial charge in [-0.3, -0.25) is 0 Å². The molecule has 0 unspecified atom stereocenters. The molecule has 0 amide bonds. The Morgan fingerprint density at radius 1 is 1.17 bits per heavy atom. The van der Waals surface area contributed by atoms with Crippen LogP contribution in [0.1, 0.15) is 0 Å². The van der Waals surface area contributed by atoms with Crippen LogP contribution in [-0.4, -0.2) is 25.4 Å². The fourth-order valence-corrected chi connectivity index (χ4v) is 0.301. The Labute approximate surface area is 64.7 Å². The number of rotatable bonds is 3. The van der Waals surface area contributed by atoms with Crippen molar-refractivity contribution in [3.05, 3.63) is 11.4 Å². The van der Waals surface area contributed by atoms with E-state index in [0.717, 1.165) is 0 Å². The van der Waals surface area contributed by atoms with Gasteiger partial charge in [0.25, 0.3) is 0 Å². The van der Waals surface area contributed by atoms with Crippen LogP contribution in [0.25, 0.3) is 4.85 Å². The molecule has 70 valence electrons. The third-order valence-electron chi connectivity index (χ3n) is 0.816. The van der Waals surface area contributed by atoms with E-state index < -0.39 is 25.4 Å². The first-order valence-corrected chi connectivity index (χ1v) is 2.73. The Bertz CT molecular complexity index is 181. The zero-order chi connectivity index (χ0) is 9.83. The minimum absolute atomic E-state index is 0.522. The molecule has 0 radical (unpaired) electrons. The summed E-state index contributed by atoms with van der Waals surface area (Å²) in [6, 6.07) is 0. The predicted octanol–water partition coefficient (Wildman–Crippen LogP) is 2.08. The molecule has 12 heavy (non-hydrogen) atoms. The lowest BCUT2D eigenvalue weighted by Gasteiger charge is -2.17. The molecule has 0 atom stereocenters. The molecule has 0 heterocycles. The minimum Gasteiger partial charge on any atom is -0.314 e. The molecule has 2 nitrogen and oxygen atoms in total. The third-order valence-corrected chi connectivity index (χ3v) is 0.816. The second kappa shape index (κ2) is 3.67. The largest absolute Gasteiger partial charge is 0.482 e. The average molecular weight is 189 g/mol. The van der Waals surface area contributed by atoms with Gasteiger partial charge in [-0.15, -0.1) is 0 Å². The summed E-state index contributed by atoms with van der Waals surface area (Å²) < 4.78 is 60.7. The lowest BCUT2D eigenvalue weighted by atomic mass is 10.6. The molecule has 0 aliphatic carbocycles. The van der Waals surface area contributed by atoms with Crippen molar-refractivity contribution in [2.75, 3.05) is 13.2 Å². The topological polar surface area (TPSA) is 13.6 Å². The van der Waals surface area contributed by atoms with Crippen molar-refractivity contribution >= 4 is 0 Å². The highest BCUT2D eigenvalue weighted by molar-refractivity contribution is 4.66. The summed E-state index contributed by atoms with van der Waals surface area (Å²) >= 11 is 0. The van der Waals surface area contributed by atoms with Gasteiger partial charge in [-0.2, -0.15) is 22.0 Å². The van der Waals surface area contributed by atoms with Gasteiger partial charge < -0.3 is 9.58 Å². The molecule has 0 spiro atoms. The second-order valence-corrected chi connectivity index (χ2v) is 1.74. The predicted molar refractivity (Wildman–Crippen MR) is 28.4 cm³/mol. The van der Waals surface area contributed by atoms with Crippen molar-refractivity contribution in [2.45, 2.75) is 12.3 Å². The van der Waals surface area contributed by atoms with Gasteiger partial charge in [0, 0.05) is 0 Å². The number of hydrogen-bond donors (Lipinski definition) is 0. The highest BCUT2D eigenvalue weighted by atomic mass is 19.4. The number of alkyl halides is 5. The van der Waals surface area contributed by atoms with Gasteiger partial charge in [-0.05, 0) is 0 Å². The molecule has 0 bridgehead atoms. The Hall–Kier alpha value is -0.900. The van der Waals surface area contributed by atoms with Crippen molar-refractivity contribution in [3.8, 4) is 0 Å². The molecule has 0 rings (SSSR count). The molecule has 0 N–H and O–H groups in total. The second-order valence-electron chi connectivity index (χ2n) is 1.74. The first-order valence-electron chi connectivity index (χ1n) is 2.73. The molecule has 0 aromatic carbocycles. The maximum Gasteiger partial charge on any atom is 0.482 e. The standard InChI is InChI=1S/C5H4F5NO/c1-11-2-3-12-5(9,10)4(6,7)8/h2-3H2. The monoisotopic (exact) mass is 189 g/mol. The lowest BCUT2D eigenvalue weighted by Crippen LogP contribution is -2.39. The SMILES string of the molecule is [C-]#[N+]CCOC(F)(F)C(F)(F)F. The average Bonchev–Trinajstić information content (AvgIpc) is 1.85. The summed E-state index contributed by atoms with van der Waals surface area (Å²) in [6.45, 7) is 4.63. The molecule has 0 aromatic heterocycles. The van der Waals surface area contributed by atoms with Gasteiger partial charge in [0.05, 0.1) is 0 Å². The molecule has 0 aliphatic rings. The maximum atomic E-state index is 11.8. The molecule has 0 saturated heterocycles. The Morgan fingerprint density at radius 2 is 1.67 bits per heavy atom. The van der Waals surface area contributed by atoms with E-state index in [0.29, 0.717) is 0 Å². The van der Waals surface area contributed by atoms with Crippen LogP contribution in [0.5, 0.6) is 0 Å². The zero-order valence-electron chi connectivity index (χ0n) is 5.66. The number of nitrogens with zero attached hydrogens (tertiary/aromatic N) is 1. The van der Waals surface area contributed by atoms with Gasteiger partial charge in [0.1, 0.15) is 6.61 Å². The van der Waals surface area contributed by atoms with Crippen LogP contribution in [0.2, 0.25) is 0 Å². The first kappa shape index (κ1) is 11.1. The van der Waals surface area contributed by atoms with E-state index >= 15 is 0 Å². The van der Waals surface area contributed by atoms with E-state index in [4.69, 9.17) is 6.57 Å². The highest BCUT2D eigenvalue weighted by Gasteiger charge is 2.59. The third kappa shape index (κ3) is 3.00. The van der Waals surface area contributed by atoms with E-state index in [1.807, 2.05) is 0 Å². The van der Waals surface area contributed by atoms with Crippen LogP contribution in [0.4, 0.5) is 22.0 Å². The molecule has 0 aromatic rings. The van der Waals surface area contributed by atoms with Gasteiger partial charge in [0.15, 0.2) is 0 Å². The van der Waals surface area contributed by atoms with Crippen LogP contribution >= 0.6 is 0 Å². The van der Waals surface area contributed by atoms with Crippen LogP contribution in [0.15, 0.2) is 0 Å². The Kier molecular flexibility index (Phi) is 3.39. The zero-order valence-corrected chi connectivity index (χ0v) is 5.66. The lowest BCUT2D eigenvalue weighted by molar-refractivity contribution is -0.390. The number of halogens is 5. The van der Waals surface area contributed by atoms with Gasteiger partial charge in [-0.1, -0.05) is 0 Å². The van der Waals surface area contributed by atoms with Crippen molar-refractivity contribution in [1.29, 1.82) is 0 Å². The smallest absolute Gasteiger partial charge is 0.314 e. The van der Waals surface area contributed by atoms with Gasteiger partial charge >= 0.3 is 12.3 Å². The summed E-state index contributed by atoms with van der Waals surface area (Å²) in [6.07, 6.45) is -10.9. The van der Waals surface area contributed by atoms with Crippen LogP contribution in [0.3, 0.4) is 0 Å². The molecular weight excluding hydrogens is 185 g/mol. The van der Waals surface area contributed by atoms with Crippen LogP contribution < -0.4 is 0 Å². The van der Waals surface area contributed by atoms with E-state index in [1.165, 1.54) is 0 Å². The summed E-state index contributed by atoms with van der Waals surface area (Å²) in [5.74, 6) is 0. The van der Waals surface area contributed by atoms with E-state index in [9.17, 15) is 22.0 Å². The van der Waals surface area contributed by atoms with Crippen LogP contribution in [0, 0.1) is 6.57 Å². The molecule has 0 saturated carbocycles. The summed E-state index contributed by atoms with van der Waals surface area (Å²) in [4.78, 5) is 2.55. The molecule has 0 aliphatic heterocycles. The van der Waals surface area contributed by atoms with Crippen LogP contribution in [-0.2, 0) is 4.74 Å². The van der Waals surface area contributed by atoms with Crippen molar-refractivity contribution in [1.82, 2.24) is 0 Å². The van der Waals surface area contributed by atoms with E-state index in [-0.39, 0.29) is 0 Å². The quantitative estimate of drug-likeness (QED) is 0.376. The van der Waals surface area contributed by atoms with Crippen molar-refractivity contribution in [2.24, 2.45) is 0 Å². The Morgan fingerprint density at radius 3 is 2.00 bits per heavy atom. The molecule has 7 heteroatoms. The van der Waals surface area contributed by atoms with Crippen molar-refractivity contribution < 1.29 is 26.7 Å².